The zero-order valence-electron chi connectivity index (χ0n) is 21.2. The molecule has 0 radical (unpaired) electrons. The summed E-state index contributed by atoms with van der Waals surface area (Å²) in [6.45, 7) is 5.14. The summed E-state index contributed by atoms with van der Waals surface area (Å²) in [5.41, 5.74) is 8.70. The van der Waals surface area contributed by atoms with Gasteiger partial charge in [-0.3, -0.25) is 10.3 Å². The van der Waals surface area contributed by atoms with Crippen molar-refractivity contribution in [2.24, 2.45) is 11.0 Å². The van der Waals surface area contributed by atoms with E-state index in [1.807, 2.05) is 11.3 Å². The van der Waals surface area contributed by atoms with Gasteiger partial charge < -0.3 is 4.74 Å². The molecule has 0 saturated heterocycles. The lowest BCUT2D eigenvalue weighted by molar-refractivity contribution is 0.00135. The Hall–Kier alpha value is -2.79. The van der Waals surface area contributed by atoms with Crippen molar-refractivity contribution >= 4 is 46.0 Å². The second kappa shape index (κ2) is 10.1. The van der Waals surface area contributed by atoms with Crippen molar-refractivity contribution in [2.75, 3.05) is 4.90 Å². The van der Waals surface area contributed by atoms with Gasteiger partial charge in [0.05, 0.1) is 12.7 Å². The molecule has 0 fully saturated rings. The fourth-order valence-electron chi connectivity index (χ4n) is 5.14. The van der Waals surface area contributed by atoms with Crippen molar-refractivity contribution < 1.29 is 4.74 Å². The molecule has 2 atom stereocenters. The van der Waals surface area contributed by atoms with Crippen LogP contribution in [0.2, 0.25) is 0 Å². The standard InChI is InChI=1S/C28H28N6OS3/c1-17(2)21-13-20-22(14-35-21)38-25-23(20)24-29-31-27(36-15-18-9-5-3-6-10-18)33(24)26-30-32-28(34(25)26)37-16-19-11-7-4-8-12-19/h3-12,17,21,24,29H,13-16H2,1-2H3. The number of rotatable bonds is 6. The summed E-state index contributed by atoms with van der Waals surface area (Å²) < 4.78 is 8.51. The molecule has 7 nitrogen and oxygen atoms in total. The minimum Gasteiger partial charge on any atom is -0.372 e. The lowest BCUT2D eigenvalue weighted by Crippen LogP contribution is -2.38. The van der Waals surface area contributed by atoms with Gasteiger partial charge in [0, 0.05) is 28.4 Å². The van der Waals surface area contributed by atoms with Crippen LogP contribution >= 0.6 is 34.9 Å². The Morgan fingerprint density at radius 2 is 1.71 bits per heavy atom. The predicted molar refractivity (Wildman–Crippen MR) is 156 cm³/mol. The molecule has 38 heavy (non-hydrogen) atoms. The fourth-order valence-corrected chi connectivity index (χ4v) is 8.30. The highest BCUT2D eigenvalue weighted by Crippen LogP contribution is 2.50. The monoisotopic (exact) mass is 560 g/mol. The highest BCUT2D eigenvalue weighted by molar-refractivity contribution is 8.13. The van der Waals surface area contributed by atoms with Gasteiger partial charge >= 0.3 is 0 Å². The lowest BCUT2D eigenvalue weighted by atomic mass is 9.93. The molecule has 5 heterocycles. The topological polar surface area (TPSA) is 67.6 Å². The summed E-state index contributed by atoms with van der Waals surface area (Å²) >= 11 is 5.27. The number of nitrogens with zero attached hydrogens (tertiary/aromatic N) is 5. The van der Waals surface area contributed by atoms with Crippen LogP contribution in [0.25, 0.3) is 5.00 Å². The van der Waals surface area contributed by atoms with Crippen molar-refractivity contribution in [1.82, 2.24) is 20.2 Å². The third kappa shape index (κ3) is 4.23. The minimum atomic E-state index is -0.0853. The van der Waals surface area contributed by atoms with Crippen LogP contribution in [0.15, 0.2) is 70.9 Å². The summed E-state index contributed by atoms with van der Waals surface area (Å²) in [5.74, 6) is 2.96. The molecule has 10 heteroatoms. The maximum absolute atomic E-state index is 6.27. The molecule has 3 aliphatic rings. The van der Waals surface area contributed by atoms with Gasteiger partial charge in [-0.05, 0) is 22.6 Å². The number of hydrazone groups is 1. The molecule has 7 rings (SSSR count). The number of thioether (sulfide) groups is 2. The normalized spacial score (nSPS) is 19.4. The van der Waals surface area contributed by atoms with Crippen LogP contribution in [0.5, 0.6) is 0 Å². The Kier molecular flexibility index (Phi) is 6.43. The average molecular weight is 561 g/mol. The Balaban J connectivity index is 1.27. The number of benzene rings is 2. The van der Waals surface area contributed by atoms with Gasteiger partial charge in [-0.1, -0.05) is 98.0 Å². The van der Waals surface area contributed by atoms with Crippen molar-refractivity contribution in [2.45, 2.75) is 55.8 Å². The minimum absolute atomic E-state index is 0.0853. The third-order valence-corrected chi connectivity index (χ3v) is 10.4. The van der Waals surface area contributed by atoms with Crippen molar-refractivity contribution in [3.63, 3.8) is 0 Å². The highest BCUT2D eigenvalue weighted by atomic mass is 32.2. The lowest BCUT2D eigenvalue weighted by Gasteiger charge is -2.33. The van der Waals surface area contributed by atoms with Gasteiger partial charge in [-0.2, -0.15) is 5.10 Å². The molecule has 4 aromatic rings. The van der Waals surface area contributed by atoms with Gasteiger partial charge in [-0.25, -0.2) is 4.57 Å². The van der Waals surface area contributed by atoms with E-state index in [9.17, 15) is 0 Å². The number of fused-ring (bicyclic) bond motifs is 8. The number of ether oxygens (including phenoxy) is 1. The van der Waals surface area contributed by atoms with E-state index in [1.165, 1.54) is 32.1 Å². The van der Waals surface area contributed by atoms with E-state index >= 15 is 0 Å². The molecule has 0 aliphatic carbocycles. The number of amidine groups is 1. The van der Waals surface area contributed by atoms with E-state index < -0.39 is 0 Å². The zero-order valence-corrected chi connectivity index (χ0v) is 23.7. The maximum atomic E-state index is 6.27. The van der Waals surface area contributed by atoms with Gasteiger partial charge in [0.15, 0.2) is 16.5 Å². The first kappa shape index (κ1) is 24.3. The van der Waals surface area contributed by atoms with E-state index in [1.54, 1.807) is 23.5 Å². The van der Waals surface area contributed by atoms with Gasteiger partial charge in [0.1, 0.15) is 5.00 Å². The van der Waals surface area contributed by atoms with Crippen LogP contribution in [-0.2, 0) is 29.3 Å². The van der Waals surface area contributed by atoms with E-state index in [0.29, 0.717) is 12.5 Å². The molecule has 1 N–H and O–H groups in total. The van der Waals surface area contributed by atoms with E-state index in [-0.39, 0.29) is 12.3 Å². The quantitative estimate of drug-likeness (QED) is 0.276. The molecule has 2 aromatic carbocycles. The predicted octanol–water partition coefficient (Wildman–Crippen LogP) is 6.34. The first-order chi connectivity index (χ1) is 18.7. The summed E-state index contributed by atoms with van der Waals surface area (Å²) in [5, 5.41) is 17.3. The van der Waals surface area contributed by atoms with Crippen LogP contribution in [0.3, 0.4) is 0 Å². The van der Waals surface area contributed by atoms with Crippen LogP contribution < -0.4 is 10.3 Å². The van der Waals surface area contributed by atoms with Gasteiger partial charge in [0.25, 0.3) is 0 Å². The number of aromatic nitrogens is 3. The van der Waals surface area contributed by atoms with Crippen LogP contribution in [-0.4, -0.2) is 26.0 Å². The molecular weight excluding hydrogens is 533 g/mol. The van der Waals surface area contributed by atoms with Gasteiger partial charge in [0.2, 0.25) is 5.95 Å². The third-order valence-electron chi connectivity index (χ3n) is 7.17. The van der Waals surface area contributed by atoms with Crippen molar-refractivity contribution in [3.8, 4) is 5.00 Å². The van der Waals surface area contributed by atoms with Crippen molar-refractivity contribution in [3.05, 3.63) is 87.8 Å². The first-order valence-electron chi connectivity index (χ1n) is 12.8. The number of hydrogen-bond acceptors (Lipinski definition) is 9. The van der Waals surface area contributed by atoms with Crippen LogP contribution in [0, 0.1) is 5.92 Å². The largest absolute Gasteiger partial charge is 0.372 e. The van der Waals surface area contributed by atoms with E-state index in [0.717, 1.165) is 34.2 Å². The Labute approximate surface area is 234 Å². The molecule has 2 aromatic heterocycles. The highest BCUT2D eigenvalue weighted by Gasteiger charge is 2.45. The smallest absolute Gasteiger partial charge is 0.241 e. The second-order valence-electron chi connectivity index (χ2n) is 9.98. The molecule has 0 amide bonds. The van der Waals surface area contributed by atoms with Crippen LogP contribution in [0.4, 0.5) is 5.95 Å². The summed E-state index contributed by atoms with van der Waals surface area (Å²) in [7, 11) is 0. The van der Waals surface area contributed by atoms with Crippen LogP contribution in [0.1, 0.15) is 47.1 Å². The Morgan fingerprint density at radius 1 is 1.00 bits per heavy atom. The zero-order chi connectivity index (χ0) is 25.6. The number of hydrogen-bond donors (Lipinski definition) is 1. The summed E-state index contributed by atoms with van der Waals surface area (Å²) in [4.78, 5) is 3.54. The van der Waals surface area contributed by atoms with E-state index in [2.05, 4.69) is 89.4 Å². The number of thiophene rings is 1. The number of nitrogens with one attached hydrogen (secondary N) is 1. The molecule has 0 spiro atoms. The van der Waals surface area contributed by atoms with E-state index in [4.69, 9.17) is 20.0 Å². The molecule has 3 aliphatic heterocycles. The second-order valence-corrected chi connectivity index (χ2v) is 13.0. The summed E-state index contributed by atoms with van der Waals surface area (Å²) in [6, 6.07) is 21.1. The fraction of sp³-hybridized carbons (Fsp3) is 0.321. The summed E-state index contributed by atoms with van der Waals surface area (Å²) in [6.07, 6.45) is 1.05. The van der Waals surface area contributed by atoms with Crippen molar-refractivity contribution in [1.29, 1.82) is 0 Å². The number of anilines is 1. The molecule has 0 bridgehead atoms. The Morgan fingerprint density at radius 3 is 2.42 bits per heavy atom. The average Bonchev–Trinajstić information content (AvgIpc) is 3.66. The Bertz CT molecular complexity index is 1480. The molecule has 0 saturated carbocycles. The molecule has 194 valence electrons. The maximum Gasteiger partial charge on any atom is 0.241 e. The molecule has 2 unspecified atom stereocenters. The SMILES string of the molecule is CC(C)C1Cc2c(sc3c2C2NN=C(SCc4ccccc4)N2c2nnc(SCc4ccccc4)n2-3)CO1. The van der Waals surface area contributed by atoms with Gasteiger partial charge in [-0.15, -0.1) is 21.5 Å². The first-order valence-corrected chi connectivity index (χ1v) is 15.6. The molecular formula is C28H28N6OS3.